The largest absolute Gasteiger partial charge is 0.295 e. The number of carbonyl (C=O) groups is 1. The van der Waals surface area contributed by atoms with Gasteiger partial charge in [-0.05, 0) is 31.8 Å². The topological polar surface area (TPSA) is 17.1 Å². The predicted molar refractivity (Wildman–Crippen MR) is 55.6 cm³/mol. The summed E-state index contributed by atoms with van der Waals surface area (Å²) in [5, 5.41) is 0. The second kappa shape index (κ2) is 4.59. The van der Waals surface area contributed by atoms with E-state index in [1.54, 1.807) is 0 Å². The molecule has 1 unspecified atom stereocenters. The Hall–Kier alpha value is -0.590. The molecule has 0 saturated heterocycles. The minimum Gasteiger partial charge on any atom is -0.295 e. The second-order valence-corrected chi connectivity index (χ2v) is 4.13. The van der Waals surface area contributed by atoms with Gasteiger partial charge in [0, 0.05) is 6.42 Å². The highest BCUT2D eigenvalue weighted by Gasteiger charge is 2.25. The molecule has 1 nitrogen and oxygen atoms in total. The van der Waals surface area contributed by atoms with Gasteiger partial charge in [-0.3, -0.25) is 4.79 Å². The maximum Gasteiger partial charge on any atom is 0.159 e. The van der Waals surface area contributed by atoms with Crippen LogP contribution >= 0.6 is 0 Å². The van der Waals surface area contributed by atoms with Crippen LogP contribution in [0.15, 0.2) is 11.1 Å². The first-order valence-corrected chi connectivity index (χ1v) is 5.37. The van der Waals surface area contributed by atoms with Crippen molar-refractivity contribution < 1.29 is 4.79 Å². The summed E-state index contributed by atoms with van der Waals surface area (Å²) in [7, 11) is 0. The molecular weight excluding hydrogens is 160 g/mol. The number of carbonyl (C=O) groups excluding carboxylic acids is 1. The summed E-state index contributed by atoms with van der Waals surface area (Å²) in [6.45, 7) is 6.31. The summed E-state index contributed by atoms with van der Waals surface area (Å²) >= 11 is 0. The molecule has 1 aliphatic rings. The van der Waals surface area contributed by atoms with Crippen LogP contribution < -0.4 is 0 Å². The Bertz CT molecular complexity index is 225. The normalized spacial score (nSPS) is 23.0. The summed E-state index contributed by atoms with van der Waals surface area (Å²) in [5.74, 6) is 0.943. The number of unbranched alkanes of at least 4 members (excludes halogenated alkanes) is 2. The molecule has 0 aromatic carbocycles. The maximum absolute atomic E-state index is 11.4. The molecule has 0 fully saturated rings. The van der Waals surface area contributed by atoms with Crippen molar-refractivity contribution >= 4 is 5.78 Å². The Morgan fingerprint density at radius 3 is 2.46 bits per heavy atom. The van der Waals surface area contributed by atoms with Gasteiger partial charge in [0.05, 0.1) is 0 Å². The molecule has 0 heterocycles. The molecule has 74 valence electrons. The van der Waals surface area contributed by atoms with E-state index in [4.69, 9.17) is 0 Å². The van der Waals surface area contributed by atoms with Gasteiger partial charge in [-0.15, -0.1) is 0 Å². The zero-order valence-electron chi connectivity index (χ0n) is 9.02. The quantitative estimate of drug-likeness (QED) is 0.605. The van der Waals surface area contributed by atoms with Gasteiger partial charge in [-0.1, -0.05) is 31.8 Å². The molecule has 0 aromatic rings. The Labute approximate surface area is 81.2 Å². The lowest BCUT2D eigenvalue weighted by Crippen LogP contribution is -1.99. The van der Waals surface area contributed by atoms with E-state index in [2.05, 4.69) is 13.8 Å². The van der Waals surface area contributed by atoms with E-state index in [-0.39, 0.29) is 0 Å². The van der Waals surface area contributed by atoms with Gasteiger partial charge in [0.15, 0.2) is 5.78 Å². The summed E-state index contributed by atoms with van der Waals surface area (Å²) in [4.78, 5) is 11.4. The average Bonchev–Trinajstić information content (AvgIpc) is 2.34. The van der Waals surface area contributed by atoms with Crippen molar-refractivity contribution in [2.45, 2.75) is 52.9 Å². The fourth-order valence-corrected chi connectivity index (χ4v) is 2.02. The van der Waals surface area contributed by atoms with Crippen LogP contribution in [0.4, 0.5) is 0 Å². The van der Waals surface area contributed by atoms with Crippen molar-refractivity contribution in [2.24, 2.45) is 5.92 Å². The smallest absolute Gasteiger partial charge is 0.159 e. The summed E-state index contributed by atoms with van der Waals surface area (Å²) in [6, 6.07) is 0. The highest BCUT2D eigenvalue weighted by Crippen LogP contribution is 2.32. The molecule has 1 heteroatoms. The minimum atomic E-state index is 0.374. The fraction of sp³-hybridized carbons (Fsp3) is 0.750. The van der Waals surface area contributed by atoms with E-state index >= 15 is 0 Å². The number of ketones is 1. The van der Waals surface area contributed by atoms with Crippen LogP contribution in [0, 0.1) is 5.92 Å². The molecule has 0 bridgehead atoms. The molecule has 13 heavy (non-hydrogen) atoms. The fourth-order valence-electron chi connectivity index (χ4n) is 2.02. The van der Waals surface area contributed by atoms with Crippen molar-refractivity contribution in [3.63, 3.8) is 0 Å². The van der Waals surface area contributed by atoms with Gasteiger partial charge in [0.25, 0.3) is 0 Å². The van der Waals surface area contributed by atoms with E-state index in [1.165, 1.54) is 31.3 Å². The summed E-state index contributed by atoms with van der Waals surface area (Å²) in [6.07, 6.45) is 5.84. The van der Waals surface area contributed by atoms with Crippen LogP contribution in [0.1, 0.15) is 52.9 Å². The van der Waals surface area contributed by atoms with Gasteiger partial charge in [-0.2, -0.15) is 0 Å². The molecule has 0 N–H and O–H groups in total. The number of hydrogen-bond donors (Lipinski definition) is 0. The third kappa shape index (κ3) is 2.43. The molecule has 0 radical (unpaired) electrons. The third-order valence-electron chi connectivity index (χ3n) is 3.21. The predicted octanol–water partition coefficient (Wildman–Crippen LogP) is 3.49. The highest BCUT2D eigenvalue weighted by molar-refractivity contribution is 5.98. The van der Waals surface area contributed by atoms with Crippen molar-refractivity contribution in [3.05, 3.63) is 11.1 Å². The van der Waals surface area contributed by atoms with Gasteiger partial charge >= 0.3 is 0 Å². The Morgan fingerprint density at radius 1 is 1.31 bits per heavy atom. The molecule has 1 rings (SSSR count). The van der Waals surface area contributed by atoms with E-state index in [1.807, 2.05) is 6.92 Å². The zero-order valence-corrected chi connectivity index (χ0v) is 9.02. The van der Waals surface area contributed by atoms with Crippen LogP contribution in [-0.2, 0) is 4.79 Å². The van der Waals surface area contributed by atoms with Crippen LogP contribution in [-0.4, -0.2) is 5.78 Å². The Kier molecular flexibility index (Phi) is 3.71. The van der Waals surface area contributed by atoms with Gasteiger partial charge in [-0.25, -0.2) is 0 Å². The Morgan fingerprint density at radius 2 is 2.00 bits per heavy atom. The van der Waals surface area contributed by atoms with Gasteiger partial charge < -0.3 is 0 Å². The lowest BCUT2D eigenvalue weighted by Gasteiger charge is -2.09. The molecule has 0 aliphatic heterocycles. The zero-order chi connectivity index (χ0) is 9.84. The molecular formula is C12H20O. The molecule has 0 amide bonds. The van der Waals surface area contributed by atoms with Crippen molar-refractivity contribution in [3.8, 4) is 0 Å². The molecule has 0 aromatic heterocycles. The van der Waals surface area contributed by atoms with Crippen molar-refractivity contribution in [1.82, 2.24) is 0 Å². The molecule has 0 saturated carbocycles. The van der Waals surface area contributed by atoms with Crippen molar-refractivity contribution in [1.29, 1.82) is 0 Å². The first kappa shape index (κ1) is 10.5. The minimum absolute atomic E-state index is 0.374. The Balaban J connectivity index is 2.42. The van der Waals surface area contributed by atoms with Crippen LogP contribution in [0.2, 0.25) is 0 Å². The summed E-state index contributed by atoms with van der Waals surface area (Å²) in [5.41, 5.74) is 2.38. The van der Waals surface area contributed by atoms with Crippen molar-refractivity contribution in [2.75, 3.05) is 0 Å². The van der Waals surface area contributed by atoms with Crippen LogP contribution in [0.5, 0.6) is 0 Å². The van der Waals surface area contributed by atoms with E-state index in [0.717, 1.165) is 12.0 Å². The van der Waals surface area contributed by atoms with Crippen LogP contribution in [0.25, 0.3) is 0 Å². The number of allylic oxidation sites excluding steroid dienone is 2. The van der Waals surface area contributed by atoms with E-state index in [9.17, 15) is 4.79 Å². The SMILES string of the molecule is CCCCCC1CC(=O)C(C)=C1C. The summed E-state index contributed by atoms with van der Waals surface area (Å²) < 4.78 is 0. The molecule has 1 atom stereocenters. The number of hydrogen-bond acceptors (Lipinski definition) is 1. The third-order valence-corrected chi connectivity index (χ3v) is 3.21. The molecule has 1 aliphatic carbocycles. The van der Waals surface area contributed by atoms with Gasteiger partial charge in [0.1, 0.15) is 0 Å². The number of rotatable bonds is 4. The lowest BCUT2D eigenvalue weighted by atomic mass is 9.95. The number of Topliss-reactive ketones (excluding diaryl/α,β-unsaturated/α-hetero) is 1. The monoisotopic (exact) mass is 180 g/mol. The lowest BCUT2D eigenvalue weighted by molar-refractivity contribution is -0.115. The first-order chi connectivity index (χ1) is 6.16. The first-order valence-electron chi connectivity index (χ1n) is 5.37. The highest BCUT2D eigenvalue weighted by atomic mass is 16.1. The second-order valence-electron chi connectivity index (χ2n) is 4.13. The average molecular weight is 180 g/mol. The van der Waals surface area contributed by atoms with E-state index in [0.29, 0.717) is 11.7 Å². The van der Waals surface area contributed by atoms with Crippen LogP contribution in [0.3, 0.4) is 0 Å². The standard InChI is InChI=1S/C12H20O/c1-4-5-6-7-11-8-12(13)10(3)9(11)2/h11H,4-8H2,1-3H3. The molecule has 0 spiro atoms. The van der Waals surface area contributed by atoms with E-state index < -0.39 is 0 Å². The maximum atomic E-state index is 11.4. The van der Waals surface area contributed by atoms with Gasteiger partial charge in [0.2, 0.25) is 0 Å².